The van der Waals surface area contributed by atoms with Gasteiger partial charge in [-0.15, -0.1) is 5.10 Å². The molecule has 0 atom stereocenters. The topological polar surface area (TPSA) is 52.8 Å². The number of rotatable bonds is 2. The average molecular weight is 190 g/mol. The van der Waals surface area contributed by atoms with Gasteiger partial charge in [0.2, 0.25) is 0 Å². The summed E-state index contributed by atoms with van der Waals surface area (Å²) in [5.41, 5.74) is 0.945. The van der Waals surface area contributed by atoms with Gasteiger partial charge in [0, 0.05) is 18.0 Å². The van der Waals surface area contributed by atoms with E-state index in [4.69, 9.17) is 4.74 Å². The molecule has 0 unspecified atom stereocenters. The van der Waals surface area contributed by atoms with Gasteiger partial charge in [0.15, 0.2) is 5.82 Å². The highest BCUT2D eigenvalue weighted by atomic mass is 16.5. The summed E-state index contributed by atoms with van der Waals surface area (Å²) in [6.07, 6.45) is 6.78. The summed E-state index contributed by atoms with van der Waals surface area (Å²) < 4.78 is 6.94. The first-order valence-corrected chi connectivity index (χ1v) is 4.17. The molecule has 0 amide bonds. The summed E-state index contributed by atoms with van der Waals surface area (Å²) in [4.78, 5) is 3.95. The van der Waals surface area contributed by atoms with Crippen molar-refractivity contribution in [1.82, 2.24) is 19.7 Å². The monoisotopic (exact) mass is 190 g/mol. The van der Waals surface area contributed by atoms with Gasteiger partial charge < -0.3 is 4.74 Å². The molecule has 0 spiro atoms. The molecule has 0 aliphatic carbocycles. The third kappa shape index (κ3) is 1.32. The number of imidazole rings is 1. The standard InChI is InChI=1S/C9H10N4O/c1-7-8(14-2)5-11-12-9(7)13-4-3-10-6-13/h3-6H,1-2H3. The van der Waals surface area contributed by atoms with E-state index < -0.39 is 0 Å². The van der Waals surface area contributed by atoms with E-state index in [1.54, 1.807) is 30.4 Å². The van der Waals surface area contributed by atoms with E-state index in [-0.39, 0.29) is 0 Å². The van der Waals surface area contributed by atoms with Crippen LogP contribution in [0.25, 0.3) is 5.82 Å². The maximum atomic E-state index is 5.15. The summed E-state index contributed by atoms with van der Waals surface area (Å²) in [5, 5.41) is 7.87. The van der Waals surface area contributed by atoms with E-state index in [1.165, 1.54) is 0 Å². The molecule has 0 aliphatic rings. The third-order valence-electron chi connectivity index (χ3n) is 2.00. The van der Waals surface area contributed by atoms with Crippen molar-refractivity contribution in [2.45, 2.75) is 6.92 Å². The first-order valence-electron chi connectivity index (χ1n) is 4.17. The van der Waals surface area contributed by atoms with Crippen LogP contribution in [-0.2, 0) is 0 Å². The molecule has 0 radical (unpaired) electrons. The fourth-order valence-corrected chi connectivity index (χ4v) is 1.25. The van der Waals surface area contributed by atoms with Crippen molar-refractivity contribution in [3.63, 3.8) is 0 Å². The second kappa shape index (κ2) is 3.45. The molecule has 14 heavy (non-hydrogen) atoms. The molecular weight excluding hydrogens is 180 g/mol. The van der Waals surface area contributed by atoms with E-state index in [0.29, 0.717) is 0 Å². The highest BCUT2D eigenvalue weighted by Gasteiger charge is 2.07. The third-order valence-corrected chi connectivity index (χ3v) is 2.00. The molecule has 0 aliphatic heterocycles. The number of nitrogens with zero attached hydrogens (tertiary/aromatic N) is 4. The lowest BCUT2D eigenvalue weighted by Crippen LogP contribution is -2.01. The van der Waals surface area contributed by atoms with Crippen LogP contribution in [0.15, 0.2) is 24.9 Å². The summed E-state index contributed by atoms with van der Waals surface area (Å²) >= 11 is 0. The first-order chi connectivity index (χ1) is 6.83. The van der Waals surface area contributed by atoms with Gasteiger partial charge in [0.05, 0.1) is 13.3 Å². The largest absolute Gasteiger partial charge is 0.495 e. The van der Waals surface area contributed by atoms with E-state index >= 15 is 0 Å². The summed E-state index contributed by atoms with van der Waals surface area (Å²) in [5.74, 6) is 1.46. The SMILES string of the molecule is COc1cnnc(-n2ccnc2)c1C. The summed E-state index contributed by atoms with van der Waals surface area (Å²) in [6, 6.07) is 0. The fraction of sp³-hybridized carbons (Fsp3) is 0.222. The number of hydrogen-bond acceptors (Lipinski definition) is 4. The minimum Gasteiger partial charge on any atom is -0.495 e. The molecule has 0 N–H and O–H groups in total. The van der Waals surface area contributed by atoms with Gasteiger partial charge in [0.25, 0.3) is 0 Å². The van der Waals surface area contributed by atoms with Crippen molar-refractivity contribution in [3.8, 4) is 11.6 Å². The maximum absolute atomic E-state index is 5.15. The van der Waals surface area contributed by atoms with Crippen LogP contribution in [0.5, 0.6) is 5.75 Å². The van der Waals surface area contributed by atoms with E-state index in [0.717, 1.165) is 17.1 Å². The van der Waals surface area contributed by atoms with Gasteiger partial charge >= 0.3 is 0 Å². The Morgan fingerprint density at radius 2 is 2.29 bits per heavy atom. The highest BCUT2D eigenvalue weighted by molar-refractivity contribution is 5.40. The van der Waals surface area contributed by atoms with Gasteiger partial charge in [-0.2, -0.15) is 5.10 Å². The Bertz CT molecular complexity index is 424. The average Bonchev–Trinajstić information content (AvgIpc) is 2.71. The zero-order valence-corrected chi connectivity index (χ0v) is 8.01. The van der Waals surface area contributed by atoms with Gasteiger partial charge in [-0.3, -0.25) is 4.57 Å². The van der Waals surface area contributed by atoms with Gasteiger partial charge in [-0.25, -0.2) is 4.98 Å². The molecule has 5 nitrogen and oxygen atoms in total. The van der Waals surface area contributed by atoms with Crippen LogP contribution in [0.3, 0.4) is 0 Å². The Kier molecular flexibility index (Phi) is 2.14. The lowest BCUT2D eigenvalue weighted by atomic mass is 10.3. The van der Waals surface area contributed by atoms with Gasteiger partial charge in [0.1, 0.15) is 12.1 Å². The van der Waals surface area contributed by atoms with Crippen molar-refractivity contribution in [2.24, 2.45) is 0 Å². The smallest absolute Gasteiger partial charge is 0.167 e. The fourth-order valence-electron chi connectivity index (χ4n) is 1.25. The molecule has 0 bridgehead atoms. The molecule has 0 saturated carbocycles. The number of ether oxygens (including phenoxy) is 1. The molecule has 2 rings (SSSR count). The second-order valence-electron chi connectivity index (χ2n) is 2.83. The highest BCUT2D eigenvalue weighted by Crippen LogP contribution is 2.19. The first kappa shape index (κ1) is 8.68. The molecule has 5 heteroatoms. The molecule has 2 heterocycles. The molecule has 2 aromatic heterocycles. The van der Waals surface area contributed by atoms with Crippen molar-refractivity contribution >= 4 is 0 Å². The van der Waals surface area contributed by atoms with Gasteiger partial charge in [-0.05, 0) is 6.92 Å². The summed E-state index contributed by atoms with van der Waals surface area (Å²) in [6.45, 7) is 1.93. The van der Waals surface area contributed by atoms with Crippen LogP contribution in [-0.4, -0.2) is 26.9 Å². The lowest BCUT2D eigenvalue weighted by molar-refractivity contribution is 0.408. The van der Waals surface area contributed by atoms with Crippen molar-refractivity contribution in [1.29, 1.82) is 0 Å². The van der Waals surface area contributed by atoms with Crippen LogP contribution in [0.1, 0.15) is 5.56 Å². The van der Waals surface area contributed by atoms with E-state index in [9.17, 15) is 0 Å². The molecule has 0 fully saturated rings. The Morgan fingerprint density at radius 3 is 2.93 bits per heavy atom. The Morgan fingerprint density at radius 1 is 1.43 bits per heavy atom. The molecule has 0 saturated heterocycles. The van der Waals surface area contributed by atoms with Crippen LogP contribution in [0.4, 0.5) is 0 Å². The zero-order chi connectivity index (χ0) is 9.97. The molecule has 2 aromatic rings. The minimum absolute atomic E-state index is 0.726. The van der Waals surface area contributed by atoms with Crippen LogP contribution in [0.2, 0.25) is 0 Å². The van der Waals surface area contributed by atoms with E-state index in [2.05, 4.69) is 15.2 Å². The molecule has 72 valence electrons. The predicted octanol–water partition coefficient (Wildman–Crippen LogP) is 0.979. The van der Waals surface area contributed by atoms with Crippen molar-refractivity contribution < 1.29 is 4.74 Å². The van der Waals surface area contributed by atoms with Crippen molar-refractivity contribution in [2.75, 3.05) is 7.11 Å². The normalized spacial score (nSPS) is 10.1. The Labute approximate surface area is 81.4 Å². The predicted molar refractivity (Wildman–Crippen MR) is 50.4 cm³/mol. The number of hydrogen-bond donors (Lipinski definition) is 0. The van der Waals surface area contributed by atoms with Crippen LogP contribution in [0, 0.1) is 6.92 Å². The van der Waals surface area contributed by atoms with Crippen molar-refractivity contribution in [3.05, 3.63) is 30.5 Å². The summed E-state index contributed by atoms with van der Waals surface area (Å²) in [7, 11) is 1.61. The van der Waals surface area contributed by atoms with Crippen LogP contribution >= 0.6 is 0 Å². The van der Waals surface area contributed by atoms with E-state index in [1.807, 2.05) is 13.1 Å². The quantitative estimate of drug-likeness (QED) is 0.708. The molecule has 0 aromatic carbocycles. The number of methoxy groups -OCH3 is 1. The second-order valence-corrected chi connectivity index (χ2v) is 2.83. The Balaban J connectivity index is 2.54. The Hall–Kier alpha value is -1.91. The van der Waals surface area contributed by atoms with Gasteiger partial charge in [-0.1, -0.05) is 0 Å². The minimum atomic E-state index is 0.726. The number of aromatic nitrogens is 4. The molecular formula is C9H10N4O. The maximum Gasteiger partial charge on any atom is 0.167 e. The zero-order valence-electron chi connectivity index (χ0n) is 8.01. The van der Waals surface area contributed by atoms with Crippen LogP contribution < -0.4 is 4.74 Å². The lowest BCUT2D eigenvalue weighted by Gasteiger charge is -2.07.